The van der Waals surface area contributed by atoms with Gasteiger partial charge in [-0.1, -0.05) is 0 Å². The zero-order valence-electron chi connectivity index (χ0n) is 17.0. The molecule has 26 heavy (non-hydrogen) atoms. The number of rotatable bonds is 8. The molecule has 0 aliphatic rings. The summed E-state index contributed by atoms with van der Waals surface area (Å²) in [6.07, 6.45) is 1.85. The molecular weight excluding hydrogens is 383 g/mol. The van der Waals surface area contributed by atoms with Gasteiger partial charge < -0.3 is 0 Å². The van der Waals surface area contributed by atoms with E-state index in [1.165, 1.54) is 26.7 Å². The van der Waals surface area contributed by atoms with Gasteiger partial charge in [0.15, 0.2) is 0 Å². The van der Waals surface area contributed by atoms with Crippen LogP contribution in [0, 0.1) is 0 Å². The van der Waals surface area contributed by atoms with Crippen molar-refractivity contribution in [1.29, 1.82) is 0 Å². The van der Waals surface area contributed by atoms with Crippen molar-refractivity contribution < 1.29 is 3.82 Å². The molecule has 0 amide bonds. The second-order valence-corrected chi connectivity index (χ2v) is 9.35. The molecule has 0 fully saturated rings. The molecule has 0 heterocycles. The van der Waals surface area contributed by atoms with Gasteiger partial charge in [0.05, 0.1) is 0 Å². The van der Waals surface area contributed by atoms with Crippen LogP contribution in [0.1, 0.15) is 87.7 Å². The van der Waals surface area contributed by atoms with Gasteiger partial charge in [-0.05, 0) is 0 Å². The van der Waals surface area contributed by atoms with Gasteiger partial charge in [-0.15, -0.1) is 0 Å². The minimum absolute atomic E-state index is 0.0522. The van der Waals surface area contributed by atoms with E-state index in [1.807, 2.05) is 12.1 Å². The molecule has 2 aromatic carbocycles. The van der Waals surface area contributed by atoms with E-state index in [0.29, 0.717) is 17.8 Å². The molecule has 0 aromatic heterocycles. The van der Waals surface area contributed by atoms with E-state index in [-0.39, 0.29) is 21.4 Å². The topological polar surface area (TPSA) is 9.23 Å². The summed E-state index contributed by atoms with van der Waals surface area (Å²) in [5.74, 6) is 1.52. The van der Waals surface area contributed by atoms with Crippen molar-refractivity contribution in [2.75, 3.05) is 0 Å². The maximum atomic E-state index is 6.39. The summed E-state index contributed by atoms with van der Waals surface area (Å²) in [4.78, 5) is 0. The van der Waals surface area contributed by atoms with E-state index in [0.717, 1.165) is 0 Å². The molecule has 0 saturated carbocycles. The average molecular weight is 415 g/mol. The fourth-order valence-electron chi connectivity index (χ4n) is 2.96. The van der Waals surface area contributed by atoms with Crippen molar-refractivity contribution in [3.05, 3.63) is 77.4 Å². The van der Waals surface area contributed by atoms with E-state index < -0.39 is 0 Å². The molecule has 2 aromatic rings. The summed E-state index contributed by atoms with van der Waals surface area (Å²) in [6.45, 7) is 17.7. The second-order valence-electron chi connectivity index (χ2n) is 7.74. The predicted molar refractivity (Wildman–Crippen MR) is 115 cm³/mol. The standard InChI is InChI=1S/C24H32OSe/c1-8-23(19-12-10-9-11-13-19)25-26-24-21(17(4)5)14-20(16(2)3)15-22(24)18(6)7/h8-18,23H,1H2,2-7H3/t23-/m1/s1. The molecule has 0 unspecified atom stereocenters. The molecule has 0 radical (unpaired) electrons. The van der Waals surface area contributed by atoms with E-state index >= 15 is 0 Å². The third kappa shape index (κ3) is 5.10. The van der Waals surface area contributed by atoms with Gasteiger partial charge in [0.2, 0.25) is 0 Å². The molecule has 0 spiro atoms. The third-order valence-electron chi connectivity index (χ3n) is 4.66. The summed E-state index contributed by atoms with van der Waals surface area (Å²) in [6, 6.07) is 15.2. The van der Waals surface area contributed by atoms with Crippen molar-refractivity contribution >= 4 is 19.7 Å². The molecule has 0 N–H and O–H groups in total. The Morgan fingerprint density at radius 2 is 1.35 bits per heavy atom. The Bertz CT molecular complexity index is 687. The zero-order valence-corrected chi connectivity index (χ0v) is 18.7. The van der Waals surface area contributed by atoms with E-state index in [9.17, 15) is 0 Å². The molecule has 1 nitrogen and oxygen atoms in total. The first-order valence-corrected chi connectivity index (χ1v) is 11.1. The van der Waals surface area contributed by atoms with Crippen LogP contribution in [-0.4, -0.2) is 15.3 Å². The molecule has 2 heteroatoms. The van der Waals surface area contributed by atoms with Crippen molar-refractivity contribution in [1.82, 2.24) is 0 Å². The van der Waals surface area contributed by atoms with Gasteiger partial charge in [-0.3, -0.25) is 0 Å². The quantitative estimate of drug-likeness (QED) is 0.366. The van der Waals surface area contributed by atoms with Crippen LogP contribution in [0.2, 0.25) is 0 Å². The fourth-order valence-corrected chi connectivity index (χ4v) is 5.42. The van der Waals surface area contributed by atoms with Crippen LogP contribution in [0.4, 0.5) is 0 Å². The normalized spacial score (nSPS) is 12.8. The van der Waals surface area contributed by atoms with Gasteiger partial charge in [0.1, 0.15) is 0 Å². The van der Waals surface area contributed by atoms with Crippen molar-refractivity contribution in [3.8, 4) is 0 Å². The molecule has 2 rings (SSSR count). The Hall–Kier alpha value is -1.34. The van der Waals surface area contributed by atoms with E-state index in [2.05, 4.69) is 84.5 Å². The number of benzene rings is 2. The molecule has 0 aliphatic carbocycles. The van der Waals surface area contributed by atoms with Crippen molar-refractivity contribution in [2.45, 2.75) is 65.4 Å². The van der Waals surface area contributed by atoms with Crippen LogP contribution in [-0.2, 0) is 3.82 Å². The third-order valence-corrected chi connectivity index (χ3v) is 6.63. The number of hydrogen-bond donors (Lipinski definition) is 0. The summed E-state index contributed by atoms with van der Waals surface area (Å²) in [7, 11) is 0. The minimum atomic E-state index is -0.0546. The summed E-state index contributed by atoms with van der Waals surface area (Å²) < 4.78 is 7.80. The van der Waals surface area contributed by atoms with Gasteiger partial charge in [-0.2, -0.15) is 0 Å². The Morgan fingerprint density at radius 3 is 1.77 bits per heavy atom. The van der Waals surface area contributed by atoms with Crippen molar-refractivity contribution in [3.63, 3.8) is 0 Å². The van der Waals surface area contributed by atoms with Gasteiger partial charge in [-0.25, -0.2) is 0 Å². The first-order chi connectivity index (χ1) is 12.3. The summed E-state index contributed by atoms with van der Waals surface area (Å²) in [5, 5.41) is 0. The fraction of sp³-hybridized carbons (Fsp3) is 0.417. The van der Waals surface area contributed by atoms with Crippen LogP contribution in [0.3, 0.4) is 0 Å². The molecule has 1 atom stereocenters. The van der Waals surface area contributed by atoms with Gasteiger partial charge >= 0.3 is 166 Å². The Morgan fingerprint density at radius 1 is 0.808 bits per heavy atom. The SMILES string of the molecule is C=C[C@@H](O[Se]c1c(C(C)C)cc(C(C)C)cc1C(C)C)c1ccccc1. The van der Waals surface area contributed by atoms with Crippen molar-refractivity contribution in [2.24, 2.45) is 0 Å². The van der Waals surface area contributed by atoms with Crippen LogP contribution in [0.25, 0.3) is 0 Å². The maximum absolute atomic E-state index is 6.39. The van der Waals surface area contributed by atoms with Crippen LogP contribution < -0.4 is 4.46 Å². The van der Waals surface area contributed by atoms with Crippen LogP contribution >= 0.6 is 0 Å². The Labute approximate surface area is 166 Å². The Balaban J connectivity index is 2.39. The monoisotopic (exact) mass is 416 g/mol. The first kappa shape index (κ1) is 21.0. The molecule has 140 valence electrons. The predicted octanol–water partition coefficient (Wildman–Crippen LogP) is 6.25. The number of hydrogen-bond acceptors (Lipinski definition) is 1. The van der Waals surface area contributed by atoms with E-state index in [1.54, 1.807) is 0 Å². The molecule has 0 bridgehead atoms. The van der Waals surface area contributed by atoms with Crippen LogP contribution in [0.15, 0.2) is 55.1 Å². The second kappa shape index (κ2) is 9.55. The molecule has 0 aliphatic heterocycles. The van der Waals surface area contributed by atoms with Gasteiger partial charge in [0.25, 0.3) is 0 Å². The summed E-state index contributed by atoms with van der Waals surface area (Å²) >= 11 is -0.0522. The summed E-state index contributed by atoms with van der Waals surface area (Å²) in [5.41, 5.74) is 5.48. The zero-order chi connectivity index (χ0) is 19.3. The van der Waals surface area contributed by atoms with Gasteiger partial charge in [0, 0.05) is 0 Å². The van der Waals surface area contributed by atoms with E-state index in [4.69, 9.17) is 3.82 Å². The molecule has 0 saturated heterocycles. The Kier molecular flexibility index (Phi) is 7.70. The average Bonchev–Trinajstić information content (AvgIpc) is 2.62. The molecular formula is C24H32OSe. The first-order valence-electron chi connectivity index (χ1n) is 9.53. The van der Waals surface area contributed by atoms with Crippen LogP contribution in [0.5, 0.6) is 0 Å².